The molecule has 0 spiro atoms. The summed E-state index contributed by atoms with van der Waals surface area (Å²) < 4.78 is 0. The Morgan fingerprint density at radius 3 is 2.53 bits per heavy atom. The molecular weight excluding hydrogens is 190 g/mol. The lowest BCUT2D eigenvalue weighted by molar-refractivity contribution is -0.118. The fourth-order valence-electron chi connectivity index (χ4n) is 1.29. The van der Waals surface area contributed by atoms with Gasteiger partial charge < -0.3 is 16.0 Å². The van der Waals surface area contributed by atoms with Gasteiger partial charge in [0, 0.05) is 14.1 Å². The Morgan fingerprint density at radius 1 is 1.40 bits per heavy atom. The molecule has 82 valence electrons. The van der Waals surface area contributed by atoms with Gasteiger partial charge in [0.15, 0.2) is 0 Å². The predicted molar refractivity (Wildman–Crippen MR) is 63.0 cm³/mol. The van der Waals surface area contributed by atoms with Crippen molar-refractivity contribution in [2.75, 3.05) is 24.3 Å². The smallest absolute Gasteiger partial charge is 0.239 e. The first-order valence-electron chi connectivity index (χ1n) is 4.84. The van der Waals surface area contributed by atoms with Gasteiger partial charge in [0.1, 0.15) is 6.04 Å². The highest BCUT2D eigenvalue weighted by Gasteiger charge is 2.10. The van der Waals surface area contributed by atoms with Crippen molar-refractivity contribution in [3.05, 3.63) is 24.3 Å². The SMILES string of the molecule is CC(Nc1ccccc1N(C)C)C(N)=O. The minimum Gasteiger partial charge on any atom is -0.376 e. The monoisotopic (exact) mass is 207 g/mol. The van der Waals surface area contributed by atoms with Crippen molar-refractivity contribution in [2.24, 2.45) is 5.73 Å². The molecule has 1 atom stereocenters. The number of primary amides is 1. The number of nitrogens with two attached hydrogens (primary N) is 1. The molecule has 0 saturated carbocycles. The van der Waals surface area contributed by atoms with Crippen molar-refractivity contribution in [1.29, 1.82) is 0 Å². The maximum atomic E-state index is 10.9. The van der Waals surface area contributed by atoms with E-state index in [1.165, 1.54) is 0 Å². The first-order valence-corrected chi connectivity index (χ1v) is 4.84. The molecule has 0 fully saturated rings. The van der Waals surface area contributed by atoms with Crippen LogP contribution in [0.1, 0.15) is 6.92 Å². The summed E-state index contributed by atoms with van der Waals surface area (Å²) in [6.45, 7) is 1.74. The molecule has 1 unspecified atom stereocenters. The second kappa shape index (κ2) is 4.68. The summed E-state index contributed by atoms with van der Waals surface area (Å²) in [5, 5.41) is 3.08. The van der Waals surface area contributed by atoms with Crippen molar-refractivity contribution < 1.29 is 4.79 Å². The van der Waals surface area contributed by atoms with E-state index in [9.17, 15) is 4.79 Å². The van der Waals surface area contributed by atoms with Crippen LogP contribution in [0.15, 0.2) is 24.3 Å². The Hall–Kier alpha value is -1.71. The Kier molecular flexibility index (Phi) is 3.55. The number of benzene rings is 1. The van der Waals surface area contributed by atoms with Gasteiger partial charge in [-0.3, -0.25) is 4.79 Å². The normalized spacial score (nSPS) is 11.9. The maximum Gasteiger partial charge on any atom is 0.239 e. The summed E-state index contributed by atoms with van der Waals surface area (Å²) in [7, 11) is 3.91. The van der Waals surface area contributed by atoms with E-state index in [1.807, 2.05) is 43.3 Å². The highest BCUT2D eigenvalue weighted by atomic mass is 16.1. The van der Waals surface area contributed by atoms with E-state index < -0.39 is 0 Å². The molecule has 15 heavy (non-hydrogen) atoms. The van der Waals surface area contributed by atoms with Crippen LogP contribution in [0.2, 0.25) is 0 Å². The quantitative estimate of drug-likeness (QED) is 0.775. The molecule has 0 heterocycles. The van der Waals surface area contributed by atoms with E-state index in [4.69, 9.17) is 5.73 Å². The minimum absolute atomic E-state index is 0.358. The van der Waals surface area contributed by atoms with Gasteiger partial charge in [0.25, 0.3) is 0 Å². The third-order valence-electron chi connectivity index (χ3n) is 2.18. The number of anilines is 2. The van der Waals surface area contributed by atoms with Crippen LogP contribution in [0.3, 0.4) is 0 Å². The molecule has 1 aromatic rings. The number of hydrogen-bond acceptors (Lipinski definition) is 3. The number of nitrogens with one attached hydrogen (secondary N) is 1. The topological polar surface area (TPSA) is 58.4 Å². The molecular formula is C11H17N3O. The number of rotatable bonds is 4. The summed E-state index contributed by atoms with van der Waals surface area (Å²) >= 11 is 0. The summed E-state index contributed by atoms with van der Waals surface area (Å²) in [5.41, 5.74) is 7.14. The molecule has 0 aromatic heterocycles. The van der Waals surface area contributed by atoms with Crippen molar-refractivity contribution in [3.8, 4) is 0 Å². The van der Waals surface area contributed by atoms with Gasteiger partial charge in [-0.1, -0.05) is 12.1 Å². The lowest BCUT2D eigenvalue weighted by Crippen LogP contribution is -2.32. The molecule has 0 aliphatic carbocycles. The van der Waals surface area contributed by atoms with E-state index in [0.29, 0.717) is 0 Å². The van der Waals surface area contributed by atoms with Crippen LogP contribution in [0.25, 0.3) is 0 Å². The predicted octanol–water partition coefficient (Wildman–Crippen LogP) is 1.04. The largest absolute Gasteiger partial charge is 0.376 e. The molecule has 0 bridgehead atoms. The van der Waals surface area contributed by atoms with E-state index >= 15 is 0 Å². The lowest BCUT2D eigenvalue weighted by Gasteiger charge is -2.20. The maximum absolute atomic E-state index is 10.9. The second-order valence-corrected chi connectivity index (χ2v) is 3.68. The molecule has 3 N–H and O–H groups in total. The Labute approximate surface area is 90.1 Å². The summed E-state index contributed by atoms with van der Waals surface area (Å²) in [6.07, 6.45) is 0. The number of carbonyl (C=O) groups excluding carboxylic acids is 1. The summed E-state index contributed by atoms with van der Waals surface area (Å²) in [6, 6.07) is 7.41. The van der Waals surface area contributed by atoms with Crippen LogP contribution in [0, 0.1) is 0 Å². The third-order valence-corrected chi connectivity index (χ3v) is 2.18. The van der Waals surface area contributed by atoms with Crippen LogP contribution in [-0.4, -0.2) is 26.0 Å². The molecule has 4 nitrogen and oxygen atoms in total. The second-order valence-electron chi connectivity index (χ2n) is 3.68. The van der Waals surface area contributed by atoms with Crippen molar-refractivity contribution in [1.82, 2.24) is 0 Å². The zero-order chi connectivity index (χ0) is 11.4. The van der Waals surface area contributed by atoms with Crippen molar-refractivity contribution in [2.45, 2.75) is 13.0 Å². The molecule has 1 rings (SSSR count). The van der Waals surface area contributed by atoms with Gasteiger partial charge in [-0.2, -0.15) is 0 Å². The average Bonchev–Trinajstić information content (AvgIpc) is 2.18. The molecule has 1 aromatic carbocycles. The summed E-state index contributed by atoms with van der Waals surface area (Å²) in [4.78, 5) is 12.9. The zero-order valence-corrected chi connectivity index (χ0v) is 9.32. The van der Waals surface area contributed by atoms with Crippen LogP contribution in [0.4, 0.5) is 11.4 Å². The van der Waals surface area contributed by atoms with Gasteiger partial charge >= 0.3 is 0 Å². The summed E-state index contributed by atoms with van der Waals surface area (Å²) in [5.74, 6) is -0.358. The van der Waals surface area contributed by atoms with Crippen LogP contribution >= 0.6 is 0 Å². The lowest BCUT2D eigenvalue weighted by atomic mass is 10.2. The average molecular weight is 207 g/mol. The first-order chi connectivity index (χ1) is 7.02. The van der Waals surface area contributed by atoms with E-state index in [2.05, 4.69) is 5.32 Å². The van der Waals surface area contributed by atoms with Gasteiger partial charge in [0.2, 0.25) is 5.91 Å². The fraction of sp³-hybridized carbons (Fsp3) is 0.364. The van der Waals surface area contributed by atoms with Crippen molar-refractivity contribution in [3.63, 3.8) is 0 Å². The molecule has 0 saturated heterocycles. The highest BCUT2D eigenvalue weighted by molar-refractivity contribution is 5.84. The Morgan fingerprint density at radius 2 is 2.00 bits per heavy atom. The van der Waals surface area contributed by atoms with E-state index in [-0.39, 0.29) is 11.9 Å². The molecule has 1 amide bonds. The molecule has 4 heteroatoms. The highest BCUT2D eigenvalue weighted by Crippen LogP contribution is 2.23. The number of hydrogen-bond donors (Lipinski definition) is 2. The molecule has 0 aliphatic rings. The van der Waals surface area contributed by atoms with Crippen molar-refractivity contribution >= 4 is 17.3 Å². The Balaban J connectivity index is 2.89. The third kappa shape index (κ3) is 2.87. The number of nitrogens with zero attached hydrogens (tertiary/aromatic N) is 1. The number of carbonyl (C=O) groups is 1. The number of amides is 1. The Bertz CT molecular complexity index is 349. The fourth-order valence-corrected chi connectivity index (χ4v) is 1.29. The number of para-hydroxylation sites is 2. The van der Waals surface area contributed by atoms with Crippen LogP contribution in [0.5, 0.6) is 0 Å². The molecule has 0 radical (unpaired) electrons. The first kappa shape index (κ1) is 11.4. The zero-order valence-electron chi connectivity index (χ0n) is 9.32. The van der Waals surface area contributed by atoms with Gasteiger partial charge in [-0.15, -0.1) is 0 Å². The van der Waals surface area contributed by atoms with Crippen LogP contribution in [-0.2, 0) is 4.79 Å². The van der Waals surface area contributed by atoms with Gasteiger partial charge in [0.05, 0.1) is 11.4 Å². The van der Waals surface area contributed by atoms with E-state index in [1.54, 1.807) is 6.92 Å². The standard InChI is InChI=1S/C11H17N3O/c1-8(11(12)15)13-9-6-4-5-7-10(9)14(2)3/h4-8,13H,1-3H3,(H2,12,15). The van der Waals surface area contributed by atoms with E-state index in [0.717, 1.165) is 11.4 Å². The van der Waals surface area contributed by atoms with Gasteiger partial charge in [-0.05, 0) is 19.1 Å². The van der Waals surface area contributed by atoms with Gasteiger partial charge in [-0.25, -0.2) is 0 Å². The molecule has 0 aliphatic heterocycles. The van der Waals surface area contributed by atoms with Crippen LogP contribution < -0.4 is 16.0 Å². The minimum atomic E-state index is -0.369.